The van der Waals surface area contributed by atoms with Gasteiger partial charge in [0.1, 0.15) is 0 Å². The zero-order valence-electron chi connectivity index (χ0n) is 14.6. The zero-order valence-corrected chi connectivity index (χ0v) is 15.4. The number of amides is 1. The van der Waals surface area contributed by atoms with E-state index in [1.807, 2.05) is 30.3 Å². The van der Waals surface area contributed by atoms with Crippen molar-refractivity contribution in [1.29, 1.82) is 0 Å². The minimum absolute atomic E-state index is 0.0657. The normalized spacial score (nSPS) is 17.9. The molecule has 8 heteroatoms. The van der Waals surface area contributed by atoms with E-state index in [9.17, 15) is 18.0 Å². The lowest BCUT2D eigenvalue weighted by Gasteiger charge is -2.13. The molecule has 2 N–H and O–H groups in total. The Hall–Kier alpha value is -2.87. The first-order valence-electron chi connectivity index (χ1n) is 8.51. The molecular weight excluding hydrogens is 368 g/mol. The fraction of sp³-hybridized carbons (Fsp3) is 0.263. The number of nitrogens with one attached hydrogen (secondary N) is 2. The maximum atomic E-state index is 12.4. The van der Waals surface area contributed by atoms with E-state index in [0.29, 0.717) is 17.7 Å². The predicted octanol–water partition coefficient (Wildman–Crippen LogP) is 1.89. The summed E-state index contributed by atoms with van der Waals surface area (Å²) < 4.78 is 27.9. The van der Waals surface area contributed by atoms with Crippen LogP contribution in [-0.2, 0) is 19.4 Å². The highest BCUT2D eigenvalue weighted by Gasteiger charge is 2.29. The molecule has 1 fully saturated rings. The lowest BCUT2D eigenvalue weighted by molar-refractivity contribution is -0.124. The molecule has 7 nitrogen and oxygen atoms in total. The number of anilines is 2. The highest BCUT2D eigenvalue weighted by Crippen LogP contribution is 2.21. The van der Waals surface area contributed by atoms with Crippen molar-refractivity contribution in [2.75, 3.05) is 23.4 Å². The number of carbonyl (C=O) groups excluding carboxylic acids is 2. The molecule has 27 heavy (non-hydrogen) atoms. The third kappa shape index (κ3) is 5.30. The fourth-order valence-corrected chi connectivity index (χ4v) is 4.51. The number of benzene rings is 2. The number of sulfone groups is 1. The van der Waals surface area contributed by atoms with Crippen LogP contribution in [0.4, 0.5) is 11.4 Å². The lowest BCUT2D eigenvalue weighted by atomic mass is 10.1. The number of carbonyl (C=O) groups is 2. The van der Waals surface area contributed by atoms with Crippen molar-refractivity contribution in [2.24, 2.45) is 0 Å². The molecule has 1 heterocycles. The molecule has 1 atom stereocenters. The van der Waals surface area contributed by atoms with Crippen molar-refractivity contribution in [2.45, 2.75) is 12.5 Å². The Morgan fingerprint density at radius 2 is 1.74 bits per heavy atom. The van der Waals surface area contributed by atoms with Crippen LogP contribution in [0.15, 0.2) is 54.6 Å². The lowest BCUT2D eigenvalue weighted by Crippen LogP contribution is -2.38. The number of rotatable bonds is 6. The SMILES string of the molecule is O=C(COC(=O)c1ccccc1Nc1ccccc1)NC1CCS(=O)(=O)C1. The van der Waals surface area contributed by atoms with E-state index < -0.39 is 34.4 Å². The Kier molecular flexibility index (Phi) is 5.75. The van der Waals surface area contributed by atoms with Gasteiger partial charge in [0.25, 0.3) is 5.91 Å². The Labute approximate surface area is 157 Å². The topological polar surface area (TPSA) is 102 Å². The molecule has 0 aliphatic carbocycles. The molecule has 0 aromatic heterocycles. The van der Waals surface area contributed by atoms with Gasteiger partial charge in [0.15, 0.2) is 16.4 Å². The van der Waals surface area contributed by atoms with E-state index in [1.54, 1.807) is 24.3 Å². The minimum atomic E-state index is -3.08. The Balaban J connectivity index is 1.57. The van der Waals surface area contributed by atoms with E-state index in [-0.39, 0.29) is 11.5 Å². The first-order valence-corrected chi connectivity index (χ1v) is 10.3. The molecule has 1 aliphatic heterocycles. The average Bonchev–Trinajstić information content (AvgIpc) is 2.99. The van der Waals surface area contributed by atoms with Crippen molar-refractivity contribution < 1.29 is 22.7 Å². The largest absolute Gasteiger partial charge is 0.452 e. The summed E-state index contributed by atoms with van der Waals surface area (Å²) in [6.07, 6.45) is 0.381. The van der Waals surface area contributed by atoms with Gasteiger partial charge in [0.2, 0.25) is 0 Å². The summed E-state index contributed by atoms with van der Waals surface area (Å²) in [5.74, 6) is -1.16. The van der Waals surface area contributed by atoms with Gasteiger partial charge in [0.05, 0.1) is 22.8 Å². The third-order valence-corrected chi connectivity index (χ3v) is 5.90. The van der Waals surface area contributed by atoms with Gasteiger partial charge in [-0.15, -0.1) is 0 Å². The number of ether oxygens (including phenoxy) is 1. The highest BCUT2D eigenvalue weighted by molar-refractivity contribution is 7.91. The predicted molar refractivity (Wildman–Crippen MR) is 102 cm³/mol. The zero-order chi connectivity index (χ0) is 19.3. The molecule has 1 unspecified atom stereocenters. The molecule has 0 spiro atoms. The smallest absolute Gasteiger partial charge is 0.340 e. The molecule has 142 valence electrons. The minimum Gasteiger partial charge on any atom is -0.452 e. The monoisotopic (exact) mass is 388 g/mol. The Morgan fingerprint density at radius 1 is 1.04 bits per heavy atom. The van der Waals surface area contributed by atoms with Crippen LogP contribution in [0.2, 0.25) is 0 Å². The van der Waals surface area contributed by atoms with Gasteiger partial charge in [-0.3, -0.25) is 4.79 Å². The van der Waals surface area contributed by atoms with E-state index in [1.165, 1.54) is 0 Å². The van der Waals surface area contributed by atoms with Gasteiger partial charge >= 0.3 is 5.97 Å². The second kappa shape index (κ2) is 8.22. The molecule has 3 rings (SSSR count). The summed E-state index contributed by atoms with van der Waals surface area (Å²) in [5.41, 5.74) is 1.69. The number of hydrogen-bond acceptors (Lipinski definition) is 6. The quantitative estimate of drug-likeness (QED) is 0.733. The number of esters is 1. The van der Waals surface area contributed by atoms with Crippen LogP contribution in [0.1, 0.15) is 16.8 Å². The van der Waals surface area contributed by atoms with E-state index in [2.05, 4.69) is 10.6 Å². The van der Waals surface area contributed by atoms with E-state index in [0.717, 1.165) is 5.69 Å². The standard InChI is InChI=1S/C19H20N2O5S/c22-18(21-15-10-11-27(24,25)13-15)12-26-19(23)16-8-4-5-9-17(16)20-14-6-2-1-3-7-14/h1-9,15,20H,10-13H2,(H,21,22). The fourth-order valence-electron chi connectivity index (χ4n) is 2.83. The summed E-state index contributed by atoms with van der Waals surface area (Å²) >= 11 is 0. The van der Waals surface area contributed by atoms with Crippen LogP contribution in [0.5, 0.6) is 0 Å². The van der Waals surface area contributed by atoms with Gasteiger partial charge in [-0.05, 0) is 30.7 Å². The molecule has 1 amide bonds. The summed E-state index contributed by atoms with van der Waals surface area (Å²) in [7, 11) is -3.08. The van der Waals surface area contributed by atoms with Crippen molar-refractivity contribution in [1.82, 2.24) is 5.32 Å². The van der Waals surface area contributed by atoms with Gasteiger partial charge in [-0.2, -0.15) is 0 Å². The summed E-state index contributed by atoms with van der Waals surface area (Å²) in [5, 5.41) is 5.73. The molecule has 2 aromatic carbocycles. The molecular formula is C19H20N2O5S. The van der Waals surface area contributed by atoms with Crippen molar-refractivity contribution >= 4 is 33.1 Å². The van der Waals surface area contributed by atoms with Gasteiger partial charge in [-0.25, -0.2) is 13.2 Å². The van der Waals surface area contributed by atoms with Crippen molar-refractivity contribution in [3.05, 3.63) is 60.2 Å². The summed E-state index contributed by atoms with van der Waals surface area (Å²) in [6.45, 7) is -0.463. The first kappa shape index (κ1) is 18.9. The average molecular weight is 388 g/mol. The Bertz CT molecular complexity index is 928. The van der Waals surface area contributed by atoms with E-state index >= 15 is 0 Å². The second-order valence-electron chi connectivity index (χ2n) is 6.28. The molecule has 1 saturated heterocycles. The number of hydrogen-bond donors (Lipinski definition) is 2. The van der Waals surface area contributed by atoms with Crippen LogP contribution < -0.4 is 10.6 Å². The summed E-state index contributed by atoms with van der Waals surface area (Å²) in [4.78, 5) is 24.3. The Morgan fingerprint density at radius 3 is 2.44 bits per heavy atom. The van der Waals surface area contributed by atoms with Gasteiger partial charge < -0.3 is 15.4 Å². The molecule has 2 aromatic rings. The van der Waals surface area contributed by atoms with E-state index in [4.69, 9.17) is 4.74 Å². The maximum Gasteiger partial charge on any atom is 0.340 e. The third-order valence-electron chi connectivity index (χ3n) is 4.13. The second-order valence-corrected chi connectivity index (χ2v) is 8.51. The van der Waals surface area contributed by atoms with Crippen LogP contribution in [0.3, 0.4) is 0 Å². The van der Waals surface area contributed by atoms with Crippen LogP contribution in [0, 0.1) is 0 Å². The summed E-state index contributed by atoms with van der Waals surface area (Å²) in [6, 6.07) is 15.8. The van der Waals surface area contributed by atoms with Crippen LogP contribution in [-0.4, -0.2) is 44.4 Å². The molecule has 1 aliphatic rings. The van der Waals surface area contributed by atoms with Crippen molar-refractivity contribution in [3.63, 3.8) is 0 Å². The van der Waals surface area contributed by atoms with Crippen LogP contribution >= 0.6 is 0 Å². The molecule has 0 bridgehead atoms. The van der Waals surface area contributed by atoms with Crippen LogP contribution in [0.25, 0.3) is 0 Å². The molecule has 0 radical (unpaired) electrons. The van der Waals surface area contributed by atoms with Gasteiger partial charge in [0, 0.05) is 11.7 Å². The number of para-hydroxylation sites is 2. The molecule has 0 saturated carbocycles. The maximum absolute atomic E-state index is 12.4. The first-order chi connectivity index (χ1) is 12.9. The van der Waals surface area contributed by atoms with Gasteiger partial charge in [-0.1, -0.05) is 30.3 Å². The highest BCUT2D eigenvalue weighted by atomic mass is 32.2. The van der Waals surface area contributed by atoms with Crippen molar-refractivity contribution in [3.8, 4) is 0 Å².